The van der Waals surface area contributed by atoms with Gasteiger partial charge in [-0.25, -0.2) is 4.98 Å². The van der Waals surface area contributed by atoms with Gasteiger partial charge in [-0.3, -0.25) is 4.79 Å². The molecule has 2 N–H and O–H groups in total. The van der Waals surface area contributed by atoms with Crippen molar-refractivity contribution in [2.75, 3.05) is 13.1 Å². The van der Waals surface area contributed by atoms with Gasteiger partial charge in [0.25, 0.3) is 5.91 Å². The molecule has 1 amide bonds. The zero-order chi connectivity index (χ0) is 13.9. The Labute approximate surface area is 122 Å². The van der Waals surface area contributed by atoms with Gasteiger partial charge in [0.1, 0.15) is 5.69 Å². The van der Waals surface area contributed by atoms with Crippen LogP contribution in [0.5, 0.6) is 0 Å². The second-order valence-electron chi connectivity index (χ2n) is 5.05. The summed E-state index contributed by atoms with van der Waals surface area (Å²) in [6, 6.07) is 9.33. The Balaban J connectivity index is 1.80. The number of halogens is 1. The van der Waals surface area contributed by atoms with Crippen LogP contribution in [0.4, 0.5) is 0 Å². The standard InChI is InChI=1S/C15H16ClN3O/c16-11-5-3-10-4-6-13(19-14(10)8-11)15(20)18-12-2-1-7-17-9-12/h3-6,8,12,17H,1-2,7,9H2,(H,18,20). The highest BCUT2D eigenvalue weighted by molar-refractivity contribution is 6.31. The highest BCUT2D eigenvalue weighted by Gasteiger charge is 2.17. The Morgan fingerprint density at radius 2 is 2.20 bits per heavy atom. The number of benzene rings is 1. The van der Waals surface area contributed by atoms with Crippen LogP contribution < -0.4 is 10.6 Å². The van der Waals surface area contributed by atoms with Crippen LogP contribution in [-0.2, 0) is 0 Å². The lowest BCUT2D eigenvalue weighted by Gasteiger charge is -2.23. The number of hydrogen-bond acceptors (Lipinski definition) is 3. The lowest BCUT2D eigenvalue weighted by molar-refractivity contribution is 0.0926. The molecule has 1 unspecified atom stereocenters. The number of hydrogen-bond donors (Lipinski definition) is 2. The van der Waals surface area contributed by atoms with Gasteiger partial charge in [-0.1, -0.05) is 23.7 Å². The van der Waals surface area contributed by atoms with Crippen molar-refractivity contribution < 1.29 is 4.79 Å². The second kappa shape index (κ2) is 5.77. The van der Waals surface area contributed by atoms with Crippen molar-refractivity contribution >= 4 is 28.4 Å². The average Bonchev–Trinajstić information content (AvgIpc) is 2.47. The van der Waals surface area contributed by atoms with Crippen LogP contribution in [0.1, 0.15) is 23.3 Å². The maximum Gasteiger partial charge on any atom is 0.270 e. The van der Waals surface area contributed by atoms with E-state index in [2.05, 4.69) is 15.6 Å². The minimum absolute atomic E-state index is 0.124. The van der Waals surface area contributed by atoms with Gasteiger partial charge in [-0.2, -0.15) is 0 Å². The highest BCUT2D eigenvalue weighted by atomic mass is 35.5. The Morgan fingerprint density at radius 1 is 1.35 bits per heavy atom. The van der Waals surface area contributed by atoms with Crippen LogP contribution in [0.25, 0.3) is 10.9 Å². The summed E-state index contributed by atoms with van der Waals surface area (Å²) < 4.78 is 0. The first kappa shape index (κ1) is 13.3. The Morgan fingerprint density at radius 3 is 3.00 bits per heavy atom. The molecule has 104 valence electrons. The minimum atomic E-state index is -0.124. The van der Waals surface area contributed by atoms with E-state index in [4.69, 9.17) is 11.6 Å². The molecule has 1 saturated heterocycles. The van der Waals surface area contributed by atoms with Gasteiger partial charge in [0.05, 0.1) is 5.52 Å². The zero-order valence-corrected chi connectivity index (χ0v) is 11.8. The van der Waals surface area contributed by atoms with Crippen molar-refractivity contribution in [3.8, 4) is 0 Å². The van der Waals surface area contributed by atoms with Crippen LogP contribution in [0.3, 0.4) is 0 Å². The molecular weight excluding hydrogens is 274 g/mol. The number of nitrogens with one attached hydrogen (secondary N) is 2. The van der Waals surface area contributed by atoms with E-state index in [1.165, 1.54) is 0 Å². The van der Waals surface area contributed by atoms with Gasteiger partial charge in [-0.05, 0) is 37.6 Å². The monoisotopic (exact) mass is 289 g/mol. The predicted molar refractivity (Wildman–Crippen MR) is 80.1 cm³/mol. The number of nitrogens with zero attached hydrogens (tertiary/aromatic N) is 1. The summed E-state index contributed by atoms with van der Waals surface area (Å²) in [5.41, 5.74) is 1.18. The molecule has 2 aromatic rings. The van der Waals surface area contributed by atoms with Gasteiger partial charge < -0.3 is 10.6 Å². The van der Waals surface area contributed by atoms with E-state index < -0.39 is 0 Å². The Bertz CT molecular complexity index is 638. The molecule has 1 aromatic carbocycles. The molecule has 1 aliphatic heterocycles. The number of amides is 1. The molecule has 0 radical (unpaired) electrons. The SMILES string of the molecule is O=C(NC1CCCNC1)c1ccc2ccc(Cl)cc2n1. The number of piperidine rings is 1. The number of pyridine rings is 1. The Hall–Kier alpha value is -1.65. The van der Waals surface area contributed by atoms with Crippen molar-refractivity contribution in [1.29, 1.82) is 0 Å². The first-order chi connectivity index (χ1) is 9.72. The van der Waals surface area contributed by atoms with Gasteiger partial charge >= 0.3 is 0 Å². The van der Waals surface area contributed by atoms with Crippen molar-refractivity contribution in [2.45, 2.75) is 18.9 Å². The number of rotatable bonds is 2. The number of carbonyl (C=O) groups excluding carboxylic acids is 1. The van der Waals surface area contributed by atoms with Gasteiger partial charge in [-0.15, -0.1) is 0 Å². The molecule has 4 nitrogen and oxygen atoms in total. The summed E-state index contributed by atoms with van der Waals surface area (Å²) in [5.74, 6) is -0.124. The summed E-state index contributed by atoms with van der Waals surface area (Å²) in [5, 5.41) is 7.89. The van der Waals surface area contributed by atoms with Crippen LogP contribution in [0, 0.1) is 0 Å². The van der Waals surface area contributed by atoms with Crippen LogP contribution in [-0.4, -0.2) is 30.0 Å². The number of carbonyl (C=O) groups is 1. The lowest BCUT2D eigenvalue weighted by atomic mass is 10.1. The molecule has 0 spiro atoms. The van der Waals surface area contributed by atoms with Gasteiger partial charge in [0, 0.05) is 23.0 Å². The third-order valence-corrected chi connectivity index (χ3v) is 3.75. The minimum Gasteiger partial charge on any atom is -0.347 e. The van der Waals surface area contributed by atoms with E-state index in [-0.39, 0.29) is 11.9 Å². The van der Waals surface area contributed by atoms with E-state index in [0.29, 0.717) is 10.7 Å². The lowest BCUT2D eigenvalue weighted by Crippen LogP contribution is -2.45. The molecule has 0 saturated carbocycles. The normalized spacial score (nSPS) is 18.9. The van der Waals surface area contributed by atoms with Gasteiger partial charge in [0.2, 0.25) is 0 Å². The largest absolute Gasteiger partial charge is 0.347 e. The van der Waals surface area contributed by atoms with Crippen LogP contribution in [0.2, 0.25) is 5.02 Å². The highest BCUT2D eigenvalue weighted by Crippen LogP contribution is 2.18. The van der Waals surface area contributed by atoms with E-state index >= 15 is 0 Å². The molecule has 3 rings (SSSR count). The molecule has 0 bridgehead atoms. The summed E-state index contributed by atoms with van der Waals surface area (Å²) >= 11 is 5.96. The fourth-order valence-corrected chi connectivity index (χ4v) is 2.62. The van der Waals surface area contributed by atoms with E-state index in [0.717, 1.165) is 36.8 Å². The first-order valence-corrected chi connectivity index (χ1v) is 7.18. The van der Waals surface area contributed by atoms with Crippen LogP contribution in [0.15, 0.2) is 30.3 Å². The van der Waals surface area contributed by atoms with Gasteiger partial charge in [0.15, 0.2) is 0 Å². The first-order valence-electron chi connectivity index (χ1n) is 6.80. The molecule has 20 heavy (non-hydrogen) atoms. The topological polar surface area (TPSA) is 54.0 Å². The fourth-order valence-electron chi connectivity index (χ4n) is 2.45. The Kier molecular flexibility index (Phi) is 3.85. The van der Waals surface area contributed by atoms with Crippen molar-refractivity contribution in [3.63, 3.8) is 0 Å². The van der Waals surface area contributed by atoms with Crippen LogP contribution >= 0.6 is 11.6 Å². The molecule has 2 heterocycles. The third kappa shape index (κ3) is 2.92. The third-order valence-electron chi connectivity index (χ3n) is 3.52. The molecule has 5 heteroatoms. The summed E-state index contributed by atoms with van der Waals surface area (Å²) in [6.45, 7) is 1.85. The van der Waals surface area contributed by atoms with E-state index in [9.17, 15) is 4.79 Å². The van der Waals surface area contributed by atoms with E-state index in [1.807, 2.05) is 18.2 Å². The molecule has 1 aliphatic rings. The smallest absolute Gasteiger partial charge is 0.270 e. The van der Waals surface area contributed by atoms with Crippen molar-refractivity contribution in [1.82, 2.24) is 15.6 Å². The van der Waals surface area contributed by atoms with Crippen molar-refractivity contribution in [2.24, 2.45) is 0 Å². The maximum atomic E-state index is 12.2. The van der Waals surface area contributed by atoms with Crippen molar-refractivity contribution in [3.05, 3.63) is 41.0 Å². The fraction of sp³-hybridized carbons (Fsp3) is 0.333. The second-order valence-corrected chi connectivity index (χ2v) is 5.49. The molecule has 0 aliphatic carbocycles. The predicted octanol–water partition coefficient (Wildman–Crippen LogP) is 2.37. The summed E-state index contributed by atoms with van der Waals surface area (Å²) in [7, 11) is 0. The van der Waals surface area contributed by atoms with E-state index in [1.54, 1.807) is 12.1 Å². The summed E-state index contributed by atoms with van der Waals surface area (Å²) in [4.78, 5) is 16.6. The maximum absolute atomic E-state index is 12.2. The average molecular weight is 290 g/mol. The molecular formula is C15H16ClN3O. The zero-order valence-electron chi connectivity index (χ0n) is 11.0. The number of aromatic nitrogens is 1. The molecule has 1 atom stereocenters. The molecule has 1 fully saturated rings. The summed E-state index contributed by atoms with van der Waals surface area (Å²) in [6.07, 6.45) is 2.10. The number of fused-ring (bicyclic) bond motifs is 1. The molecule has 1 aromatic heterocycles. The quantitative estimate of drug-likeness (QED) is 0.892.